The lowest BCUT2D eigenvalue weighted by atomic mass is 9.85. The number of halogens is 1. The molecule has 0 bridgehead atoms. The summed E-state index contributed by atoms with van der Waals surface area (Å²) in [6.07, 6.45) is 6.36. The Kier molecular flexibility index (Phi) is 3.93. The Morgan fingerprint density at radius 1 is 1.25 bits per heavy atom. The molecule has 2 nitrogen and oxygen atoms in total. The normalized spacial score (nSPS) is 18.4. The highest BCUT2D eigenvalue weighted by molar-refractivity contribution is 6.21. The molecule has 1 aromatic heterocycles. The Morgan fingerprint density at radius 3 is 2.70 bits per heavy atom. The van der Waals surface area contributed by atoms with Gasteiger partial charge in [-0.05, 0) is 43.9 Å². The smallest absolute Gasteiger partial charge is 0.134 e. The largest absolute Gasteiger partial charge is 0.497 e. The van der Waals surface area contributed by atoms with Gasteiger partial charge >= 0.3 is 0 Å². The summed E-state index contributed by atoms with van der Waals surface area (Å²) in [5, 5.41) is 1.11. The molecule has 1 fully saturated rings. The lowest BCUT2D eigenvalue weighted by Crippen LogP contribution is -2.12. The van der Waals surface area contributed by atoms with Gasteiger partial charge in [0, 0.05) is 10.9 Å². The zero-order valence-corrected chi connectivity index (χ0v) is 12.9. The van der Waals surface area contributed by atoms with Crippen molar-refractivity contribution in [3.05, 3.63) is 29.5 Å². The number of alkyl halides is 1. The van der Waals surface area contributed by atoms with E-state index >= 15 is 0 Å². The lowest BCUT2D eigenvalue weighted by molar-refractivity contribution is 0.327. The maximum absolute atomic E-state index is 6.71. The van der Waals surface area contributed by atoms with E-state index in [0.717, 1.165) is 28.0 Å². The summed E-state index contributed by atoms with van der Waals surface area (Å²) in [5.74, 6) is 2.35. The molecule has 3 heteroatoms. The molecule has 0 spiro atoms. The van der Waals surface area contributed by atoms with Gasteiger partial charge < -0.3 is 9.15 Å². The maximum atomic E-state index is 6.71. The Balaban J connectivity index is 1.96. The van der Waals surface area contributed by atoms with E-state index in [1.165, 1.54) is 32.1 Å². The fourth-order valence-corrected chi connectivity index (χ4v) is 3.71. The number of furan rings is 1. The Hall–Kier alpha value is -1.15. The van der Waals surface area contributed by atoms with Gasteiger partial charge in [-0.1, -0.05) is 19.3 Å². The molecular formula is C17H21ClO2. The standard InChI is InChI=1S/C17H21ClO2/c1-11-14-10-13(19-2)8-9-15(14)20-17(11)16(18)12-6-4-3-5-7-12/h8-10,12,16H,3-7H2,1-2H3. The van der Waals surface area contributed by atoms with Crippen LogP contribution in [0.25, 0.3) is 11.0 Å². The van der Waals surface area contributed by atoms with E-state index in [1.807, 2.05) is 18.2 Å². The molecule has 0 N–H and O–H groups in total. The van der Waals surface area contributed by atoms with Crippen LogP contribution >= 0.6 is 11.6 Å². The third-order valence-electron chi connectivity index (χ3n) is 4.49. The lowest BCUT2D eigenvalue weighted by Gasteiger charge is -2.25. The second-order valence-corrected chi connectivity index (χ2v) is 6.22. The first-order valence-electron chi connectivity index (χ1n) is 7.42. The molecule has 108 valence electrons. The van der Waals surface area contributed by atoms with Crippen molar-refractivity contribution in [2.45, 2.75) is 44.4 Å². The van der Waals surface area contributed by atoms with Gasteiger partial charge in [-0.25, -0.2) is 0 Å². The third kappa shape index (κ3) is 2.42. The molecule has 2 aromatic rings. The molecule has 0 aliphatic heterocycles. The van der Waals surface area contributed by atoms with Crippen molar-refractivity contribution in [2.75, 3.05) is 7.11 Å². The first kappa shape index (κ1) is 13.8. The molecule has 1 atom stereocenters. The van der Waals surface area contributed by atoms with Gasteiger partial charge in [-0.2, -0.15) is 0 Å². The highest BCUT2D eigenvalue weighted by atomic mass is 35.5. The van der Waals surface area contributed by atoms with Crippen molar-refractivity contribution in [1.29, 1.82) is 0 Å². The summed E-state index contributed by atoms with van der Waals surface area (Å²) in [6.45, 7) is 2.10. The van der Waals surface area contributed by atoms with Gasteiger partial charge in [0.05, 0.1) is 12.5 Å². The molecule has 1 aliphatic rings. The zero-order valence-electron chi connectivity index (χ0n) is 12.1. The first-order chi connectivity index (χ1) is 9.70. The average molecular weight is 293 g/mol. The molecule has 0 saturated heterocycles. The van der Waals surface area contributed by atoms with Crippen molar-refractivity contribution in [3.8, 4) is 5.75 Å². The Labute approximate surface area is 125 Å². The number of fused-ring (bicyclic) bond motifs is 1. The highest BCUT2D eigenvalue weighted by Crippen LogP contribution is 2.42. The van der Waals surface area contributed by atoms with Crippen LogP contribution in [0.3, 0.4) is 0 Å². The van der Waals surface area contributed by atoms with Gasteiger partial charge in [0.1, 0.15) is 17.1 Å². The molecule has 0 amide bonds. The fraction of sp³-hybridized carbons (Fsp3) is 0.529. The van der Waals surface area contributed by atoms with Gasteiger partial charge in [0.15, 0.2) is 0 Å². The summed E-state index contributed by atoms with van der Waals surface area (Å²) in [5.41, 5.74) is 2.06. The summed E-state index contributed by atoms with van der Waals surface area (Å²) in [6, 6.07) is 5.93. The van der Waals surface area contributed by atoms with Crippen LogP contribution in [0.4, 0.5) is 0 Å². The van der Waals surface area contributed by atoms with E-state index in [9.17, 15) is 0 Å². The summed E-state index contributed by atoms with van der Waals surface area (Å²) < 4.78 is 11.3. The molecule has 1 aliphatic carbocycles. The summed E-state index contributed by atoms with van der Waals surface area (Å²) in [7, 11) is 1.68. The number of methoxy groups -OCH3 is 1. The van der Waals surface area contributed by atoms with Gasteiger partial charge in [-0.3, -0.25) is 0 Å². The maximum Gasteiger partial charge on any atom is 0.134 e. The highest BCUT2D eigenvalue weighted by Gasteiger charge is 2.28. The van der Waals surface area contributed by atoms with Crippen LogP contribution in [-0.4, -0.2) is 7.11 Å². The summed E-state index contributed by atoms with van der Waals surface area (Å²) in [4.78, 5) is 0. The topological polar surface area (TPSA) is 22.4 Å². The SMILES string of the molecule is COc1ccc2oc(C(Cl)C3CCCCC3)c(C)c2c1. The number of benzene rings is 1. The second-order valence-electron chi connectivity index (χ2n) is 5.75. The monoisotopic (exact) mass is 292 g/mol. The predicted molar refractivity (Wildman–Crippen MR) is 82.7 cm³/mol. The van der Waals surface area contributed by atoms with Crippen molar-refractivity contribution in [3.63, 3.8) is 0 Å². The Bertz CT molecular complexity index is 596. The molecule has 3 rings (SSSR count). The molecule has 1 unspecified atom stereocenters. The minimum absolute atomic E-state index is 0.00584. The van der Waals surface area contributed by atoms with Crippen molar-refractivity contribution >= 4 is 22.6 Å². The van der Waals surface area contributed by atoms with E-state index in [2.05, 4.69) is 6.92 Å². The predicted octanol–water partition coefficient (Wildman–Crippen LogP) is 5.61. The van der Waals surface area contributed by atoms with Crippen LogP contribution in [0.2, 0.25) is 0 Å². The van der Waals surface area contributed by atoms with Crippen molar-refractivity contribution < 1.29 is 9.15 Å². The van der Waals surface area contributed by atoms with E-state index in [4.69, 9.17) is 20.8 Å². The molecule has 1 saturated carbocycles. The number of aryl methyl sites for hydroxylation is 1. The van der Waals surface area contributed by atoms with Crippen LogP contribution in [-0.2, 0) is 0 Å². The molecule has 0 radical (unpaired) electrons. The molecule has 1 heterocycles. The van der Waals surface area contributed by atoms with Gasteiger partial charge in [0.2, 0.25) is 0 Å². The quantitative estimate of drug-likeness (QED) is 0.686. The molecular weight excluding hydrogens is 272 g/mol. The Morgan fingerprint density at radius 2 is 2.00 bits per heavy atom. The number of rotatable bonds is 3. The van der Waals surface area contributed by atoms with E-state index in [0.29, 0.717) is 5.92 Å². The summed E-state index contributed by atoms with van der Waals surface area (Å²) >= 11 is 6.71. The number of ether oxygens (including phenoxy) is 1. The van der Waals surface area contributed by atoms with E-state index in [-0.39, 0.29) is 5.38 Å². The van der Waals surface area contributed by atoms with Crippen LogP contribution in [0.1, 0.15) is 48.8 Å². The van der Waals surface area contributed by atoms with Gasteiger partial charge in [0.25, 0.3) is 0 Å². The molecule has 1 aromatic carbocycles. The van der Waals surface area contributed by atoms with Crippen molar-refractivity contribution in [2.24, 2.45) is 5.92 Å². The number of hydrogen-bond acceptors (Lipinski definition) is 2. The van der Waals surface area contributed by atoms with E-state index < -0.39 is 0 Å². The third-order valence-corrected chi connectivity index (χ3v) is 5.05. The zero-order chi connectivity index (χ0) is 14.1. The molecule has 20 heavy (non-hydrogen) atoms. The minimum atomic E-state index is -0.00584. The minimum Gasteiger partial charge on any atom is -0.497 e. The van der Waals surface area contributed by atoms with Crippen LogP contribution in [0, 0.1) is 12.8 Å². The second kappa shape index (κ2) is 5.69. The van der Waals surface area contributed by atoms with Crippen LogP contribution in [0.15, 0.2) is 22.6 Å². The fourth-order valence-electron chi connectivity index (χ4n) is 3.25. The number of hydrogen-bond donors (Lipinski definition) is 0. The van der Waals surface area contributed by atoms with Gasteiger partial charge in [-0.15, -0.1) is 11.6 Å². The van der Waals surface area contributed by atoms with E-state index in [1.54, 1.807) is 7.11 Å². The first-order valence-corrected chi connectivity index (χ1v) is 7.85. The van der Waals surface area contributed by atoms with Crippen molar-refractivity contribution in [1.82, 2.24) is 0 Å². The average Bonchev–Trinajstić information content (AvgIpc) is 2.84. The van der Waals surface area contributed by atoms with Crippen LogP contribution < -0.4 is 4.74 Å². The van der Waals surface area contributed by atoms with Crippen LogP contribution in [0.5, 0.6) is 5.75 Å².